The maximum absolute atomic E-state index is 12.1. The minimum Gasteiger partial charge on any atom is -0.497 e. The molecule has 0 spiro atoms. The van der Waals surface area contributed by atoms with Crippen LogP contribution in [0.3, 0.4) is 0 Å². The van der Waals surface area contributed by atoms with Crippen molar-refractivity contribution in [3.63, 3.8) is 0 Å². The van der Waals surface area contributed by atoms with Gasteiger partial charge in [0.1, 0.15) is 18.5 Å². The Morgan fingerprint density at radius 1 is 1.08 bits per heavy atom. The number of carbonyl (C=O) groups is 2. The molecule has 130 valence electrons. The average molecular weight is 340 g/mol. The maximum Gasteiger partial charge on any atom is 0.409 e. The van der Waals surface area contributed by atoms with Crippen molar-refractivity contribution in [3.05, 3.63) is 78.4 Å². The lowest BCUT2D eigenvalue weighted by molar-refractivity contribution is -0.117. The number of methoxy groups -OCH3 is 1. The van der Waals surface area contributed by atoms with Gasteiger partial charge in [0.05, 0.1) is 7.11 Å². The number of rotatable bonds is 7. The Balaban J connectivity index is 2.02. The van der Waals surface area contributed by atoms with E-state index in [4.69, 9.17) is 9.47 Å². The zero-order chi connectivity index (χ0) is 18.1. The van der Waals surface area contributed by atoms with Crippen LogP contribution in [0.1, 0.15) is 17.3 Å². The van der Waals surface area contributed by atoms with Gasteiger partial charge in [0.2, 0.25) is 5.91 Å². The third-order valence-electron chi connectivity index (χ3n) is 3.40. The molecule has 2 aromatic carbocycles. The summed E-state index contributed by atoms with van der Waals surface area (Å²) >= 11 is 0. The summed E-state index contributed by atoms with van der Waals surface area (Å²) in [5, 5.41) is 5.26. The quantitative estimate of drug-likeness (QED) is 0.600. The number of alkyl carbamates (subject to hydrolysis) is 1. The van der Waals surface area contributed by atoms with Gasteiger partial charge in [-0.25, -0.2) is 4.79 Å². The molecule has 0 unspecified atom stereocenters. The maximum atomic E-state index is 12.1. The van der Waals surface area contributed by atoms with Crippen molar-refractivity contribution in [1.82, 2.24) is 10.6 Å². The van der Waals surface area contributed by atoms with Crippen LogP contribution in [0.25, 0.3) is 0 Å². The second-order valence-electron chi connectivity index (χ2n) is 5.12. The predicted molar refractivity (Wildman–Crippen MR) is 93.8 cm³/mol. The fourth-order valence-corrected chi connectivity index (χ4v) is 2.08. The highest BCUT2D eigenvalue weighted by Gasteiger charge is 2.17. The lowest BCUT2D eigenvalue weighted by Gasteiger charge is -2.20. The summed E-state index contributed by atoms with van der Waals surface area (Å²) in [7, 11) is 1.56. The topological polar surface area (TPSA) is 76.7 Å². The Kier molecular flexibility index (Phi) is 6.59. The van der Waals surface area contributed by atoms with E-state index in [9.17, 15) is 9.59 Å². The fraction of sp³-hybridized carbons (Fsp3) is 0.158. The first-order valence-electron chi connectivity index (χ1n) is 7.66. The third kappa shape index (κ3) is 5.69. The van der Waals surface area contributed by atoms with Gasteiger partial charge >= 0.3 is 6.09 Å². The van der Waals surface area contributed by atoms with E-state index in [-0.39, 0.29) is 6.61 Å². The van der Waals surface area contributed by atoms with Crippen LogP contribution in [0.2, 0.25) is 0 Å². The minimum atomic E-state index is -0.750. The standard InChI is InChI=1S/C19H20N2O4/c1-3-17(22)20-18(15-9-11-16(24-2)12-10-15)21-19(23)25-13-14-7-5-4-6-8-14/h3-12,18H,1,13H2,2H3,(H,20,22)(H,21,23)/t18-/m0/s1. The molecule has 0 aliphatic heterocycles. The van der Waals surface area contributed by atoms with Crippen LogP contribution in [0, 0.1) is 0 Å². The normalized spacial score (nSPS) is 11.1. The zero-order valence-corrected chi connectivity index (χ0v) is 13.9. The molecule has 6 nitrogen and oxygen atoms in total. The SMILES string of the molecule is C=CC(=O)N[C@@H](NC(=O)OCc1ccccc1)c1ccc(OC)cc1. The van der Waals surface area contributed by atoms with Gasteiger partial charge in [-0.15, -0.1) is 0 Å². The van der Waals surface area contributed by atoms with Crippen LogP contribution in [-0.4, -0.2) is 19.1 Å². The first-order chi connectivity index (χ1) is 12.1. The molecule has 2 N–H and O–H groups in total. The van der Waals surface area contributed by atoms with Gasteiger partial charge in [-0.05, 0) is 29.3 Å². The lowest BCUT2D eigenvalue weighted by Crippen LogP contribution is -2.40. The van der Waals surface area contributed by atoms with Crippen molar-refractivity contribution in [2.75, 3.05) is 7.11 Å². The van der Waals surface area contributed by atoms with E-state index in [2.05, 4.69) is 17.2 Å². The molecule has 1 atom stereocenters. The molecular formula is C19H20N2O4. The molecule has 0 aromatic heterocycles. The van der Waals surface area contributed by atoms with Gasteiger partial charge in [-0.1, -0.05) is 49.0 Å². The molecule has 0 aliphatic carbocycles. The van der Waals surface area contributed by atoms with Crippen LogP contribution < -0.4 is 15.4 Å². The average Bonchev–Trinajstić information content (AvgIpc) is 2.66. The summed E-state index contributed by atoms with van der Waals surface area (Å²) in [6.07, 6.45) is -0.262. The van der Waals surface area contributed by atoms with E-state index < -0.39 is 18.2 Å². The van der Waals surface area contributed by atoms with Gasteiger partial charge in [0.25, 0.3) is 0 Å². The second kappa shape index (κ2) is 9.12. The molecule has 0 radical (unpaired) electrons. The summed E-state index contributed by atoms with van der Waals surface area (Å²) in [6.45, 7) is 3.55. The number of carbonyl (C=O) groups excluding carboxylic acids is 2. The Bertz CT molecular complexity index is 714. The van der Waals surface area contributed by atoms with Crippen molar-refractivity contribution in [2.24, 2.45) is 0 Å². The van der Waals surface area contributed by atoms with E-state index in [1.165, 1.54) is 0 Å². The minimum absolute atomic E-state index is 0.136. The van der Waals surface area contributed by atoms with Crippen molar-refractivity contribution in [3.8, 4) is 5.75 Å². The molecule has 0 fully saturated rings. The van der Waals surface area contributed by atoms with Crippen LogP contribution in [0.4, 0.5) is 4.79 Å². The van der Waals surface area contributed by atoms with Crippen molar-refractivity contribution in [1.29, 1.82) is 0 Å². The van der Waals surface area contributed by atoms with E-state index >= 15 is 0 Å². The highest BCUT2D eigenvalue weighted by Crippen LogP contribution is 2.16. The first kappa shape index (κ1) is 18.1. The summed E-state index contributed by atoms with van der Waals surface area (Å²) in [6, 6.07) is 16.3. The number of hydrogen-bond donors (Lipinski definition) is 2. The van der Waals surface area contributed by atoms with Gasteiger partial charge in [-0.3, -0.25) is 10.1 Å². The third-order valence-corrected chi connectivity index (χ3v) is 3.40. The monoisotopic (exact) mass is 340 g/mol. The zero-order valence-electron chi connectivity index (χ0n) is 13.9. The molecule has 2 aromatic rings. The molecule has 0 heterocycles. The highest BCUT2D eigenvalue weighted by molar-refractivity contribution is 5.87. The van der Waals surface area contributed by atoms with Crippen LogP contribution in [0.5, 0.6) is 5.75 Å². The van der Waals surface area contributed by atoms with E-state index in [1.807, 2.05) is 30.3 Å². The van der Waals surface area contributed by atoms with Crippen molar-refractivity contribution in [2.45, 2.75) is 12.8 Å². The smallest absolute Gasteiger partial charge is 0.409 e. The summed E-state index contributed by atoms with van der Waals surface area (Å²) in [5.74, 6) is 0.258. The number of benzene rings is 2. The Hall–Kier alpha value is -3.28. The summed E-state index contributed by atoms with van der Waals surface area (Å²) in [5.41, 5.74) is 1.54. The number of ether oxygens (including phenoxy) is 2. The highest BCUT2D eigenvalue weighted by atomic mass is 16.5. The van der Waals surface area contributed by atoms with E-state index in [0.29, 0.717) is 11.3 Å². The molecule has 0 aliphatic rings. The molecule has 2 rings (SSSR count). The molecule has 0 saturated heterocycles. The number of amides is 2. The second-order valence-corrected chi connectivity index (χ2v) is 5.12. The van der Waals surface area contributed by atoms with Gasteiger partial charge < -0.3 is 14.8 Å². The molecule has 25 heavy (non-hydrogen) atoms. The van der Waals surface area contributed by atoms with Gasteiger partial charge in [0.15, 0.2) is 0 Å². The van der Waals surface area contributed by atoms with Crippen LogP contribution in [0.15, 0.2) is 67.3 Å². The Morgan fingerprint density at radius 2 is 1.76 bits per heavy atom. The summed E-state index contributed by atoms with van der Waals surface area (Å²) < 4.78 is 10.3. The molecule has 0 saturated carbocycles. The summed E-state index contributed by atoms with van der Waals surface area (Å²) in [4.78, 5) is 23.7. The number of hydrogen-bond acceptors (Lipinski definition) is 4. The van der Waals surface area contributed by atoms with Crippen molar-refractivity contribution >= 4 is 12.0 Å². The van der Waals surface area contributed by atoms with Gasteiger partial charge in [0, 0.05) is 0 Å². The molecule has 0 bridgehead atoms. The fourth-order valence-electron chi connectivity index (χ4n) is 2.08. The molecule has 6 heteroatoms. The Labute approximate surface area is 146 Å². The molecule has 2 amide bonds. The van der Waals surface area contributed by atoms with E-state index in [0.717, 1.165) is 11.6 Å². The van der Waals surface area contributed by atoms with Crippen LogP contribution >= 0.6 is 0 Å². The molecular weight excluding hydrogens is 320 g/mol. The van der Waals surface area contributed by atoms with Crippen molar-refractivity contribution < 1.29 is 19.1 Å². The largest absolute Gasteiger partial charge is 0.497 e. The van der Waals surface area contributed by atoms with E-state index in [1.54, 1.807) is 31.4 Å². The number of nitrogens with one attached hydrogen (secondary N) is 2. The lowest BCUT2D eigenvalue weighted by atomic mass is 10.1. The van der Waals surface area contributed by atoms with Crippen LogP contribution in [-0.2, 0) is 16.1 Å². The first-order valence-corrected chi connectivity index (χ1v) is 7.66. The van der Waals surface area contributed by atoms with Gasteiger partial charge in [-0.2, -0.15) is 0 Å². The Morgan fingerprint density at radius 3 is 2.36 bits per heavy atom. The predicted octanol–water partition coefficient (Wildman–Crippen LogP) is 2.92.